The Morgan fingerprint density at radius 3 is 2.60 bits per heavy atom. The fraction of sp³-hybridized carbons (Fsp3) is 0.450. The number of carbonyl (C=O) groups is 2. The summed E-state index contributed by atoms with van der Waals surface area (Å²) in [5, 5.41) is 8.03. The molecule has 1 aromatic heterocycles. The van der Waals surface area contributed by atoms with Crippen LogP contribution in [0.2, 0.25) is 0 Å². The normalized spacial score (nSPS) is 23.5. The molecule has 2 aromatic rings. The number of methoxy groups -OCH3 is 1. The van der Waals surface area contributed by atoms with Gasteiger partial charge in [0.15, 0.2) is 0 Å². The van der Waals surface area contributed by atoms with Crippen LogP contribution < -0.4 is 0 Å². The van der Waals surface area contributed by atoms with Crippen molar-refractivity contribution in [2.24, 2.45) is 0 Å². The maximum atomic E-state index is 13.2. The van der Waals surface area contributed by atoms with Crippen molar-refractivity contribution in [1.82, 2.24) is 9.88 Å². The van der Waals surface area contributed by atoms with E-state index in [0.29, 0.717) is 13.2 Å². The molecular formula is C20H21F3N2O5. The minimum absolute atomic E-state index is 0.00852. The quantitative estimate of drug-likeness (QED) is 0.795. The second kappa shape index (κ2) is 8.97. The molecule has 1 saturated carbocycles. The number of carbonyl (C=O) groups excluding carboxylic acids is 1. The number of aliphatic carboxylic acids is 1. The Bertz CT molecular complexity index is 915. The molecular weight excluding hydrogens is 405 g/mol. The zero-order chi connectivity index (χ0) is 21.9. The number of carboxylic acid groups (broad SMARTS) is 1. The van der Waals surface area contributed by atoms with Crippen molar-refractivity contribution < 1.29 is 37.3 Å². The van der Waals surface area contributed by atoms with Crippen molar-refractivity contribution in [1.29, 1.82) is 0 Å². The van der Waals surface area contributed by atoms with Crippen molar-refractivity contribution in [3.63, 3.8) is 0 Å². The molecule has 2 heterocycles. The van der Waals surface area contributed by atoms with Crippen LogP contribution in [0.1, 0.15) is 23.2 Å². The molecule has 30 heavy (non-hydrogen) atoms. The Labute approximate surface area is 170 Å². The molecule has 0 unspecified atom stereocenters. The summed E-state index contributed by atoms with van der Waals surface area (Å²) < 4.78 is 43.1. The Morgan fingerprint density at radius 1 is 1.23 bits per heavy atom. The van der Waals surface area contributed by atoms with E-state index in [2.05, 4.69) is 4.98 Å². The van der Waals surface area contributed by atoms with Gasteiger partial charge in [-0.05, 0) is 25.0 Å². The highest BCUT2D eigenvalue weighted by atomic mass is 19.4. The predicted octanol–water partition coefficient (Wildman–Crippen LogP) is 2.89. The molecule has 1 aliphatic carbocycles. The minimum atomic E-state index is -5.08. The van der Waals surface area contributed by atoms with Gasteiger partial charge in [0.1, 0.15) is 6.10 Å². The van der Waals surface area contributed by atoms with E-state index in [0.717, 1.165) is 29.3 Å². The molecule has 1 amide bonds. The smallest absolute Gasteiger partial charge is 0.475 e. The van der Waals surface area contributed by atoms with Crippen LogP contribution in [0.4, 0.5) is 13.2 Å². The number of benzene rings is 1. The van der Waals surface area contributed by atoms with Crippen LogP contribution in [-0.4, -0.2) is 71.6 Å². The summed E-state index contributed by atoms with van der Waals surface area (Å²) in [4.78, 5) is 28.4. The molecule has 162 valence electrons. The maximum absolute atomic E-state index is 13.2. The number of hydrogen-bond acceptors (Lipinski definition) is 5. The van der Waals surface area contributed by atoms with E-state index in [1.54, 1.807) is 13.3 Å². The van der Waals surface area contributed by atoms with Crippen LogP contribution in [0, 0.1) is 0 Å². The number of alkyl halides is 3. The number of hydrogen-bond donors (Lipinski definition) is 1. The van der Waals surface area contributed by atoms with Crippen molar-refractivity contribution in [3.05, 3.63) is 42.1 Å². The van der Waals surface area contributed by atoms with Gasteiger partial charge in [-0.15, -0.1) is 0 Å². The number of rotatable bonds is 2. The number of para-hydroxylation sites is 1. The molecule has 2 aliphatic rings. The molecule has 7 nitrogen and oxygen atoms in total. The number of fused-ring (bicyclic) bond motifs is 2. The summed E-state index contributed by atoms with van der Waals surface area (Å²) in [5.41, 5.74) is 1.57. The van der Waals surface area contributed by atoms with E-state index < -0.39 is 12.1 Å². The standard InChI is InChI=1S/C18H20N2O3.C2HF3O2/c1-22-16-7-6-15-17(16)23-11-10-20(15)18(21)13-8-9-19-14-5-3-2-4-12(13)14;3-2(4,5)1(6)7/h2-5,8-9,15-17H,6-7,10-11H2,1H3;(H,6,7)/t15-,16-,17+;/m0./s1. The Hall–Kier alpha value is -2.72. The van der Waals surface area contributed by atoms with Crippen LogP contribution in [0.3, 0.4) is 0 Å². The second-order valence-corrected chi connectivity index (χ2v) is 6.93. The third kappa shape index (κ3) is 4.54. The monoisotopic (exact) mass is 426 g/mol. The SMILES string of the molecule is CO[C@H]1CC[C@H]2[C@H]1OCCN2C(=O)c1ccnc2ccccc12.O=C(O)C(F)(F)F. The molecule has 3 atom stereocenters. The number of nitrogens with zero attached hydrogens (tertiary/aromatic N) is 2. The van der Waals surface area contributed by atoms with E-state index in [4.69, 9.17) is 19.4 Å². The zero-order valence-corrected chi connectivity index (χ0v) is 16.1. The first-order valence-corrected chi connectivity index (χ1v) is 9.33. The molecule has 1 aromatic carbocycles. The third-order valence-electron chi connectivity index (χ3n) is 5.22. The van der Waals surface area contributed by atoms with Gasteiger partial charge >= 0.3 is 12.1 Å². The van der Waals surface area contributed by atoms with Gasteiger partial charge in [-0.2, -0.15) is 13.2 Å². The van der Waals surface area contributed by atoms with Crippen molar-refractivity contribution >= 4 is 22.8 Å². The first-order chi connectivity index (χ1) is 14.2. The largest absolute Gasteiger partial charge is 0.490 e. The molecule has 0 radical (unpaired) electrons. The molecule has 0 spiro atoms. The van der Waals surface area contributed by atoms with Crippen LogP contribution in [-0.2, 0) is 14.3 Å². The zero-order valence-electron chi connectivity index (χ0n) is 16.1. The van der Waals surface area contributed by atoms with Crippen LogP contribution in [0.5, 0.6) is 0 Å². The lowest BCUT2D eigenvalue weighted by atomic mass is 10.0. The summed E-state index contributed by atoms with van der Waals surface area (Å²) in [5.74, 6) is -2.69. The number of aromatic nitrogens is 1. The number of morpholine rings is 1. The van der Waals surface area contributed by atoms with Crippen LogP contribution in [0.25, 0.3) is 10.9 Å². The number of ether oxygens (including phenoxy) is 2. The maximum Gasteiger partial charge on any atom is 0.490 e. The highest BCUT2D eigenvalue weighted by Gasteiger charge is 2.45. The van der Waals surface area contributed by atoms with E-state index >= 15 is 0 Å². The number of amides is 1. The Kier molecular flexibility index (Phi) is 6.57. The lowest BCUT2D eigenvalue weighted by Crippen LogP contribution is -2.53. The van der Waals surface area contributed by atoms with Gasteiger partial charge in [-0.25, -0.2) is 4.79 Å². The summed E-state index contributed by atoms with van der Waals surface area (Å²) in [7, 11) is 1.72. The summed E-state index contributed by atoms with van der Waals surface area (Å²) >= 11 is 0. The molecule has 1 aliphatic heterocycles. The summed E-state index contributed by atoms with van der Waals surface area (Å²) in [6.45, 7) is 1.20. The van der Waals surface area contributed by atoms with Gasteiger partial charge in [0.2, 0.25) is 0 Å². The first-order valence-electron chi connectivity index (χ1n) is 9.33. The van der Waals surface area contributed by atoms with Gasteiger partial charge in [0.25, 0.3) is 5.91 Å². The van der Waals surface area contributed by atoms with E-state index in [9.17, 15) is 18.0 Å². The molecule has 4 rings (SSSR count). The van der Waals surface area contributed by atoms with E-state index in [1.165, 1.54) is 0 Å². The average Bonchev–Trinajstić information content (AvgIpc) is 3.16. The lowest BCUT2D eigenvalue weighted by Gasteiger charge is -2.39. The van der Waals surface area contributed by atoms with Gasteiger partial charge < -0.3 is 19.5 Å². The predicted molar refractivity (Wildman–Crippen MR) is 100 cm³/mol. The molecule has 1 saturated heterocycles. The molecule has 1 N–H and O–H groups in total. The third-order valence-corrected chi connectivity index (χ3v) is 5.22. The lowest BCUT2D eigenvalue weighted by molar-refractivity contribution is -0.192. The Balaban J connectivity index is 0.000000318. The fourth-order valence-electron chi connectivity index (χ4n) is 3.86. The minimum Gasteiger partial charge on any atom is -0.475 e. The summed E-state index contributed by atoms with van der Waals surface area (Å²) in [6.07, 6.45) is -1.43. The number of carboxylic acids is 1. The fourth-order valence-corrected chi connectivity index (χ4v) is 3.86. The van der Waals surface area contributed by atoms with Crippen molar-refractivity contribution in [2.75, 3.05) is 20.3 Å². The topological polar surface area (TPSA) is 89.0 Å². The first kappa shape index (κ1) is 22.0. The second-order valence-electron chi connectivity index (χ2n) is 6.93. The summed E-state index contributed by atoms with van der Waals surface area (Å²) in [6, 6.07) is 9.70. The number of pyridine rings is 1. The van der Waals surface area contributed by atoms with Crippen molar-refractivity contribution in [3.8, 4) is 0 Å². The molecule has 10 heteroatoms. The van der Waals surface area contributed by atoms with Gasteiger partial charge in [-0.1, -0.05) is 18.2 Å². The van der Waals surface area contributed by atoms with E-state index in [-0.39, 0.29) is 24.2 Å². The highest BCUT2D eigenvalue weighted by Crippen LogP contribution is 2.33. The van der Waals surface area contributed by atoms with Gasteiger partial charge in [-0.3, -0.25) is 9.78 Å². The van der Waals surface area contributed by atoms with Crippen molar-refractivity contribution in [2.45, 2.75) is 37.3 Å². The van der Waals surface area contributed by atoms with Gasteiger partial charge in [0.05, 0.1) is 29.8 Å². The van der Waals surface area contributed by atoms with Crippen LogP contribution >= 0.6 is 0 Å². The highest BCUT2D eigenvalue weighted by molar-refractivity contribution is 6.06. The molecule has 0 bridgehead atoms. The van der Waals surface area contributed by atoms with Crippen LogP contribution in [0.15, 0.2) is 36.5 Å². The van der Waals surface area contributed by atoms with E-state index in [1.807, 2.05) is 35.2 Å². The number of halogens is 3. The van der Waals surface area contributed by atoms with Gasteiger partial charge in [0, 0.05) is 25.2 Å². The average molecular weight is 426 g/mol. The molecule has 2 fully saturated rings. The Morgan fingerprint density at radius 2 is 1.93 bits per heavy atom.